The van der Waals surface area contributed by atoms with Gasteiger partial charge in [-0.05, 0) is 44.7 Å². The van der Waals surface area contributed by atoms with E-state index in [1.54, 1.807) is 0 Å². The van der Waals surface area contributed by atoms with E-state index in [0.717, 1.165) is 45.3 Å². The van der Waals surface area contributed by atoms with Crippen molar-refractivity contribution in [2.45, 2.75) is 38.1 Å². The summed E-state index contributed by atoms with van der Waals surface area (Å²) in [7, 11) is 0. The highest BCUT2D eigenvalue weighted by Gasteiger charge is 2.40. The highest BCUT2D eigenvalue weighted by molar-refractivity contribution is 5.85. The number of carbonyl (C=O) groups is 2. The molecule has 3 atom stereocenters. The fourth-order valence-corrected chi connectivity index (χ4v) is 3.99. The smallest absolute Gasteiger partial charge is 0.307 e. The van der Waals surface area contributed by atoms with Crippen LogP contribution in [0.3, 0.4) is 0 Å². The number of carboxylic acid groups (broad SMARTS) is 1. The van der Waals surface area contributed by atoms with E-state index < -0.39 is 11.9 Å². The fraction of sp³-hybridized carbons (Fsp3) is 0.857. The van der Waals surface area contributed by atoms with Crippen LogP contribution in [0.4, 0.5) is 0 Å². The van der Waals surface area contributed by atoms with Gasteiger partial charge < -0.3 is 15.3 Å². The molecule has 3 aliphatic heterocycles. The van der Waals surface area contributed by atoms with Crippen LogP contribution < -0.4 is 5.32 Å². The Balaban J connectivity index is 1.60. The minimum Gasteiger partial charge on any atom is -0.481 e. The number of piperidine rings is 3. The van der Waals surface area contributed by atoms with Gasteiger partial charge >= 0.3 is 5.97 Å². The van der Waals surface area contributed by atoms with Crippen molar-refractivity contribution in [3.63, 3.8) is 0 Å². The predicted molar refractivity (Wildman–Crippen MR) is 69.6 cm³/mol. The number of carboxylic acids is 1. The molecule has 106 valence electrons. The summed E-state index contributed by atoms with van der Waals surface area (Å²) < 4.78 is 0. The highest BCUT2D eigenvalue weighted by Crippen LogP contribution is 2.33. The number of carbonyl (C=O) groups excluding carboxylic acids is 1. The van der Waals surface area contributed by atoms with Crippen LogP contribution in [0.5, 0.6) is 0 Å². The molecular formula is C14H22N2O3. The molecule has 4 aliphatic rings. The maximum absolute atomic E-state index is 12.3. The average molecular weight is 266 g/mol. The number of amides is 1. The first kappa shape index (κ1) is 12.9. The lowest BCUT2D eigenvalue weighted by atomic mass is 9.83. The lowest BCUT2D eigenvalue weighted by Gasteiger charge is -2.45. The lowest BCUT2D eigenvalue weighted by Crippen LogP contribution is -2.58. The minimum absolute atomic E-state index is 0.0244. The average Bonchev–Trinajstić information content (AvgIpc) is 2.89. The van der Waals surface area contributed by atoms with Gasteiger partial charge in [0, 0.05) is 12.6 Å². The van der Waals surface area contributed by atoms with E-state index in [2.05, 4.69) is 10.2 Å². The first-order valence-corrected chi connectivity index (χ1v) is 7.40. The number of fused-ring (bicyclic) bond motifs is 3. The van der Waals surface area contributed by atoms with E-state index in [1.807, 2.05) is 0 Å². The second kappa shape index (κ2) is 5.12. The topological polar surface area (TPSA) is 69.6 Å². The van der Waals surface area contributed by atoms with E-state index >= 15 is 0 Å². The maximum atomic E-state index is 12.3. The first-order valence-electron chi connectivity index (χ1n) is 7.40. The molecule has 0 spiro atoms. The van der Waals surface area contributed by atoms with Gasteiger partial charge in [-0.3, -0.25) is 9.59 Å². The summed E-state index contributed by atoms with van der Waals surface area (Å²) in [6.45, 7) is 3.25. The van der Waals surface area contributed by atoms with Gasteiger partial charge in [0.2, 0.25) is 5.91 Å². The summed E-state index contributed by atoms with van der Waals surface area (Å²) in [6, 6.07) is 0.241. The third-order valence-corrected chi connectivity index (χ3v) is 5.15. The molecule has 3 heterocycles. The molecule has 19 heavy (non-hydrogen) atoms. The van der Waals surface area contributed by atoms with Crippen LogP contribution in [-0.4, -0.2) is 47.6 Å². The van der Waals surface area contributed by atoms with Crippen LogP contribution in [0.2, 0.25) is 0 Å². The molecule has 4 rings (SSSR count). The molecule has 5 nitrogen and oxygen atoms in total. The van der Waals surface area contributed by atoms with Gasteiger partial charge in [0.25, 0.3) is 0 Å². The molecule has 0 radical (unpaired) electrons. The SMILES string of the molecule is O=C(O)C1CCCC1C(=O)NC1CN2CCC1CC2. The molecule has 0 aromatic rings. The van der Waals surface area contributed by atoms with Crippen LogP contribution >= 0.6 is 0 Å². The van der Waals surface area contributed by atoms with Crippen molar-refractivity contribution in [2.75, 3.05) is 19.6 Å². The van der Waals surface area contributed by atoms with Crippen molar-refractivity contribution in [1.29, 1.82) is 0 Å². The number of nitrogens with one attached hydrogen (secondary N) is 1. The summed E-state index contributed by atoms with van der Waals surface area (Å²) in [6.07, 6.45) is 4.56. The molecular weight excluding hydrogens is 244 g/mol. The predicted octanol–water partition coefficient (Wildman–Crippen LogP) is 0.698. The Morgan fingerprint density at radius 3 is 2.32 bits per heavy atom. The van der Waals surface area contributed by atoms with Crippen LogP contribution in [-0.2, 0) is 9.59 Å². The highest BCUT2D eigenvalue weighted by atomic mass is 16.4. The van der Waals surface area contributed by atoms with Crippen LogP contribution in [0.15, 0.2) is 0 Å². The normalized spacial score (nSPS) is 41.2. The van der Waals surface area contributed by atoms with Gasteiger partial charge in [-0.2, -0.15) is 0 Å². The van der Waals surface area contributed by atoms with Crippen molar-refractivity contribution in [3.8, 4) is 0 Å². The number of hydrogen-bond acceptors (Lipinski definition) is 3. The molecule has 1 aliphatic carbocycles. The molecule has 2 bridgehead atoms. The Morgan fingerprint density at radius 1 is 1.05 bits per heavy atom. The fourth-order valence-electron chi connectivity index (χ4n) is 3.99. The van der Waals surface area contributed by atoms with E-state index in [4.69, 9.17) is 5.11 Å². The number of nitrogens with zero attached hydrogens (tertiary/aromatic N) is 1. The Morgan fingerprint density at radius 2 is 1.74 bits per heavy atom. The standard InChI is InChI=1S/C14H22N2O3/c17-13(10-2-1-3-11(10)14(18)19)15-12-8-16-6-4-9(12)5-7-16/h9-12H,1-8H2,(H,15,17)(H,18,19). The monoisotopic (exact) mass is 266 g/mol. The molecule has 0 aromatic carbocycles. The van der Waals surface area contributed by atoms with Crippen molar-refractivity contribution in [3.05, 3.63) is 0 Å². The van der Waals surface area contributed by atoms with Crippen LogP contribution in [0.25, 0.3) is 0 Å². The molecule has 2 N–H and O–H groups in total. The van der Waals surface area contributed by atoms with Gasteiger partial charge in [-0.15, -0.1) is 0 Å². The number of hydrogen-bond donors (Lipinski definition) is 2. The molecule has 0 aromatic heterocycles. The Labute approximate surface area is 113 Å². The largest absolute Gasteiger partial charge is 0.481 e. The molecule has 5 heteroatoms. The zero-order chi connectivity index (χ0) is 13.4. The van der Waals surface area contributed by atoms with E-state index in [0.29, 0.717) is 12.3 Å². The van der Waals surface area contributed by atoms with E-state index in [1.165, 1.54) is 0 Å². The zero-order valence-electron chi connectivity index (χ0n) is 11.2. The van der Waals surface area contributed by atoms with Crippen molar-refractivity contribution in [1.82, 2.24) is 10.2 Å². The number of rotatable bonds is 3. The zero-order valence-corrected chi connectivity index (χ0v) is 11.2. The second-order valence-electron chi connectivity index (χ2n) is 6.24. The lowest BCUT2D eigenvalue weighted by molar-refractivity contribution is -0.146. The van der Waals surface area contributed by atoms with Crippen molar-refractivity contribution >= 4 is 11.9 Å². The van der Waals surface area contributed by atoms with Gasteiger partial charge in [-0.25, -0.2) is 0 Å². The summed E-state index contributed by atoms with van der Waals surface area (Å²) in [5.74, 6) is -1.03. The second-order valence-corrected chi connectivity index (χ2v) is 6.24. The van der Waals surface area contributed by atoms with E-state index in [-0.39, 0.29) is 17.9 Å². The Kier molecular flexibility index (Phi) is 3.48. The third kappa shape index (κ3) is 2.48. The van der Waals surface area contributed by atoms with E-state index in [9.17, 15) is 9.59 Å². The van der Waals surface area contributed by atoms with Crippen LogP contribution in [0, 0.1) is 17.8 Å². The van der Waals surface area contributed by atoms with Gasteiger partial charge in [0.05, 0.1) is 11.8 Å². The molecule has 4 fully saturated rings. The first-order chi connectivity index (χ1) is 9.15. The summed E-state index contributed by atoms with van der Waals surface area (Å²) in [5, 5.41) is 12.3. The maximum Gasteiger partial charge on any atom is 0.307 e. The minimum atomic E-state index is -0.813. The molecule has 1 amide bonds. The Bertz CT molecular complexity index is 377. The van der Waals surface area contributed by atoms with Crippen LogP contribution in [0.1, 0.15) is 32.1 Å². The van der Waals surface area contributed by atoms with Gasteiger partial charge in [0.15, 0.2) is 0 Å². The third-order valence-electron chi connectivity index (χ3n) is 5.15. The van der Waals surface area contributed by atoms with Crippen molar-refractivity contribution < 1.29 is 14.7 Å². The quantitative estimate of drug-likeness (QED) is 0.789. The van der Waals surface area contributed by atoms with Gasteiger partial charge in [-0.1, -0.05) is 6.42 Å². The van der Waals surface area contributed by atoms with Crippen molar-refractivity contribution in [2.24, 2.45) is 17.8 Å². The van der Waals surface area contributed by atoms with Gasteiger partial charge in [0.1, 0.15) is 0 Å². The summed E-state index contributed by atoms with van der Waals surface area (Å²) in [5.41, 5.74) is 0. The Hall–Kier alpha value is -1.10. The molecule has 1 saturated carbocycles. The number of aliphatic carboxylic acids is 1. The molecule has 3 unspecified atom stereocenters. The molecule has 3 saturated heterocycles. The summed E-state index contributed by atoms with van der Waals surface area (Å²) in [4.78, 5) is 25.9. The summed E-state index contributed by atoms with van der Waals surface area (Å²) >= 11 is 0.